The van der Waals surface area contributed by atoms with E-state index in [2.05, 4.69) is 21.7 Å². The van der Waals surface area contributed by atoms with E-state index >= 15 is 0 Å². The standard InChI is InChI=1S/C20H31N3O2/c1-21-10-12-22(13-11-21)15-18-5-3-9-23(16-18)20(25)8-7-17-4-2-6-19(24)14-17/h2,4,6,14,18,24H,3,5,7-13,15-16H2,1H3/t18-/m0/s1. The fourth-order valence-corrected chi connectivity index (χ4v) is 3.96. The first-order valence-electron chi connectivity index (χ1n) is 9.57. The molecule has 2 saturated heterocycles. The van der Waals surface area contributed by atoms with Crippen LogP contribution in [-0.4, -0.2) is 78.6 Å². The summed E-state index contributed by atoms with van der Waals surface area (Å²) >= 11 is 0. The van der Waals surface area contributed by atoms with E-state index in [4.69, 9.17) is 0 Å². The number of likely N-dealkylation sites (N-methyl/N-ethyl adjacent to an activating group) is 1. The first-order chi connectivity index (χ1) is 12.1. The minimum atomic E-state index is 0.256. The fourth-order valence-electron chi connectivity index (χ4n) is 3.96. The molecule has 138 valence electrons. The van der Waals surface area contributed by atoms with Gasteiger partial charge in [-0.2, -0.15) is 0 Å². The first kappa shape index (κ1) is 18.2. The molecule has 0 bridgehead atoms. The van der Waals surface area contributed by atoms with Gasteiger partial charge in [0.15, 0.2) is 0 Å². The zero-order chi connectivity index (χ0) is 17.6. The fraction of sp³-hybridized carbons (Fsp3) is 0.650. The van der Waals surface area contributed by atoms with Gasteiger partial charge < -0.3 is 19.8 Å². The molecule has 2 fully saturated rings. The first-order valence-corrected chi connectivity index (χ1v) is 9.57. The van der Waals surface area contributed by atoms with E-state index in [0.29, 0.717) is 18.8 Å². The molecular weight excluding hydrogens is 314 g/mol. The number of carbonyl (C=O) groups is 1. The van der Waals surface area contributed by atoms with E-state index in [1.807, 2.05) is 12.1 Å². The van der Waals surface area contributed by atoms with Gasteiger partial charge in [-0.05, 0) is 49.9 Å². The summed E-state index contributed by atoms with van der Waals surface area (Å²) < 4.78 is 0. The normalized spacial score (nSPS) is 22.9. The van der Waals surface area contributed by atoms with E-state index in [1.165, 1.54) is 6.42 Å². The van der Waals surface area contributed by atoms with Crippen LogP contribution < -0.4 is 0 Å². The molecule has 1 amide bonds. The van der Waals surface area contributed by atoms with Crippen molar-refractivity contribution < 1.29 is 9.90 Å². The van der Waals surface area contributed by atoms with Crippen molar-refractivity contribution in [3.8, 4) is 5.75 Å². The maximum absolute atomic E-state index is 12.6. The second-order valence-corrected chi connectivity index (χ2v) is 7.62. The number of aromatic hydroxyl groups is 1. The molecule has 0 aliphatic carbocycles. The molecule has 25 heavy (non-hydrogen) atoms. The minimum Gasteiger partial charge on any atom is -0.508 e. The van der Waals surface area contributed by atoms with E-state index < -0.39 is 0 Å². The second-order valence-electron chi connectivity index (χ2n) is 7.62. The third-order valence-corrected chi connectivity index (χ3v) is 5.52. The summed E-state index contributed by atoms with van der Waals surface area (Å²) in [6.07, 6.45) is 3.59. The predicted octanol–water partition coefficient (Wildman–Crippen LogP) is 1.81. The third-order valence-electron chi connectivity index (χ3n) is 5.52. The van der Waals surface area contributed by atoms with Gasteiger partial charge in [-0.15, -0.1) is 0 Å². The number of hydrogen-bond acceptors (Lipinski definition) is 4. The monoisotopic (exact) mass is 345 g/mol. The van der Waals surface area contributed by atoms with Crippen LogP contribution in [0, 0.1) is 5.92 Å². The highest BCUT2D eigenvalue weighted by Crippen LogP contribution is 2.20. The van der Waals surface area contributed by atoms with Crippen molar-refractivity contribution in [2.24, 2.45) is 5.92 Å². The number of hydrogen-bond donors (Lipinski definition) is 1. The number of phenolic OH excluding ortho intramolecular Hbond substituents is 1. The van der Waals surface area contributed by atoms with Crippen LogP contribution in [-0.2, 0) is 11.2 Å². The highest BCUT2D eigenvalue weighted by atomic mass is 16.3. The Labute approximate surface area is 151 Å². The molecule has 1 aromatic carbocycles. The van der Waals surface area contributed by atoms with Crippen molar-refractivity contribution in [1.29, 1.82) is 0 Å². The van der Waals surface area contributed by atoms with Gasteiger partial charge in [0.1, 0.15) is 5.75 Å². The summed E-state index contributed by atoms with van der Waals surface area (Å²) in [6, 6.07) is 7.22. The quantitative estimate of drug-likeness (QED) is 0.884. The van der Waals surface area contributed by atoms with Crippen molar-refractivity contribution in [2.45, 2.75) is 25.7 Å². The number of benzene rings is 1. The summed E-state index contributed by atoms with van der Waals surface area (Å²) in [6.45, 7) is 7.54. The summed E-state index contributed by atoms with van der Waals surface area (Å²) in [5.41, 5.74) is 1.03. The Morgan fingerprint density at radius 3 is 2.76 bits per heavy atom. The highest BCUT2D eigenvalue weighted by Gasteiger charge is 2.26. The van der Waals surface area contributed by atoms with Crippen molar-refractivity contribution in [3.05, 3.63) is 29.8 Å². The Morgan fingerprint density at radius 2 is 2.00 bits per heavy atom. The summed E-state index contributed by atoms with van der Waals surface area (Å²) in [5, 5.41) is 9.53. The van der Waals surface area contributed by atoms with E-state index in [1.54, 1.807) is 12.1 Å². The maximum Gasteiger partial charge on any atom is 0.222 e. The van der Waals surface area contributed by atoms with Crippen LogP contribution in [0.15, 0.2) is 24.3 Å². The number of likely N-dealkylation sites (tertiary alicyclic amines) is 1. The van der Waals surface area contributed by atoms with Crippen LogP contribution in [0.3, 0.4) is 0 Å². The Kier molecular flexibility index (Phi) is 6.32. The zero-order valence-electron chi connectivity index (χ0n) is 15.4. The van der Waals surface area contributed by atoms with Crippen molar-refractivity contribution in [1.82, 2.24) is 14.7 Å². The molecule has 0 spiro atoms. The van der Waals surface area contributed by atoms with Crippen molar-refractivity contribution >= 4 is 5.91 Å². The molecule has 5 nitrogen and oxygen atoms in total. The van der Waals surface area contributed by atoms with E-state index in [0.717, 1.165) is 57.8 Å². The van der Waals surface area contributed by atoms with Gasteiger partial charge in [0.05, 0.1) is 0 Å². The number of rotatable bonds is 5. The number of phenols is 1. The molecule has 3 rings (SSSR count). The highest BCUT2D eigenvalue weighted by molar-refractivity contribution is 5.76. The second kappa shape index (κ2) is 8.68. The number of aryl methyl sites for hydroxylation is 1. The topological polar surface area (TPSA) is 47.0 Å². The van der Waals surface area contributed by atoms with Gasteiger partial charge in [-0.3, -0.25) is 4.79 Å². The smallest absolute Gasteiger partial charge is 0.222 e. The minimum absolute atomic E-state index is 0.256. The third kappa shape index (κ3) is 5.44. The molecule has 1 atom stereocenters. The van der Waals surface area contributed by atoms with Crippen LogP contribution in [0.4, 0.5) is 0 Å². The number of nitrogens with zero attached hydrogens (tertiary/aromatic N) is 3. The molecule has 2 heterocycles. The van der Waals surface area contributed by atoms with Crippen molar-refractivity contribution in [2.75, 3.05) is 52.9 Å². The summed E-state index contributed by atoms with van der Waals surface area (Å²) in [7, 11) is 2.19. The number of amides is 1. The Bertz CT molecular complexity index is 570. The molecule has 1 N–H and O–H groups in total. The van der Waals surface area contributed by atoms with Crippen molar-refractivity contribution in [3.63, 3.8) is 0 Å². The van der Waals surface area contributed by atoms with Crippen LogP contribution >= 0.6 is 0 Å². The maximum atomic E-state index is 12.6. The van der Waals surface area contributed by atoms with Gasteiger partial charge in [-0.25, -0.2) is 0 Å². The van der Waals surface area contributed by atoms with Gasteiger partial charge in [0.2, 0.25) is 5.91 Å². The summed E-state index contributed by atoms with van der Waals surface area (Å²) in [4.78, 5) is 19.6. The van der Waals surface area contributed by atoms with Gasteiger partial charge in [0, 0.05) is 52.2 Å². The molecule has 2 aliphatic rings. The molecule has 0 radical (unpaired) electrons. The molecule has 0 saturated carbocycles. The lowest BCUT2D eigenvalue weighted by Crippen LogP contribution is -2.49. The zero-order valence-corrected chi connectivity index (χ0v) is 15.4. The van der Waals surface area contributed by atoms with Crippen LogP contribution in [0.1, 0.15) is 24.8 Å². The van der Waals surface area contributed by atoms with E-state index in [-0.39, 0.29) is 11.7 Å². The van der Waals surface area contributed by atoms with E-state index in [9.17, 15) is 9.90 Å². The lowest BCUT2D eigenvalue weighted by atomic mass is 9.96. The number of piperidine rings is 1. The molecule has 1 aromatic rings. The average Bonchev–Trinajstić information content (AvgIpc) is 2.62. The van der Waals surface area contributed by atoms with Crippen LogP contribution in [0.25, 0.3) is 0 Å². The number of carbonyl (C=O) groups excluding carboxylic acids is 1. The Hall–Kier alpha value is -1.59. The predicted molar refractivity (Wildman–Crippen MR) is 99.7 cm³/mol. The Morgan fingerprint density at radius 1 is 1.20 bits per heavy atom. The lowest BCUT2D eigenvalue weighted by molar-refractivity contribution is -0.133. The van der Waals surface area contributed by atoms with Crippen LogP contribution in [0.2, 0.25) is 0 Å². The Balaban J connectivity index is 1.44. The van der Waals surface area contributed by atoms with Gasteiger partial charge >= 0.3 is 0 Å². The molecule has 5 heteroatoms. The molecule has 0 unspecified atom stereocenters. The molecule has 2 aliphatic heterocycles. The molecular formula is C20H31N3O2. The average molecular weight is 345 g/mol. The van der Waals surface area contributed by atoms with Crippen LogP contribution in [0.5, 0.6) is 5.75 Å². The SMILES string of the molecule is CN1CCN(C[C@@H]2CCCN(C(=O)CCc3cccc(O)c3)C2)CC1. The molecule has 0 aromatic heterocycles. The van der Waals surface area contributed by atoms with Gasteiger partial charge in [-0.1, -0.05) is 12.1 Å². The largest absolute Gasteiger partial charge is 0.508 e. The van der Waals surface area contributed by atoms with Gasteiger partial charge in [0.25, 0.3) is 0 Å². The lowest BCUT2D eigenvalue weighted by Gasteiger charge is -2.38. The summed E-state index contributed by atoms with van der Waals surface area (Å²) in [5.74, 6) is 1.14. The number of piperazine rings is 1.